The van der Waals surface area contributed by atoms with Gasteiger partial charge in [0.1, 0.15) is 6.04 Å². The number of thioether (sulfide) groups is 1. The fourth-order valence-corrected chi connectivity index (χ4v) is 2.36. The van der Waals surface area contributed by atoms with Crippen LogP contribution in [0.5, 0.6) is 0 Å². The molecule has 1 aromatic carbocycles. The lowest BCUT2D eigenvalue weighted by Crippen LogP contribution is -2.45. The van der Waals surface area contributed by atoms with E-state index in [1.807, 2.05) is 6.26 Å². The molecule has 0 aliphatic carbocycles. The molecule has 23 heavy (non-hydrogen) atoms. The number of benzene rings is 1. The highest BCUT2D eigenvalue weighted by Crippen LogP contribution is 2.14. The number of anilines is 1. The molecule has 0 radical (unpaired) electrons. The zero-order valence-corrected chi connectivity index (χ0v) is 14.9. The number of hydrogen-bond donors (Lipinski definition) is 3. The van der Waals surface area contributed by atoms with E-state index in [0.717, 1.165) is 4.47 Å². The number of nitrogens with two attached hydrogens (primary N) is 1. The van der Waals surface area contributed by atoms with E-state index in [0.29, 0.717) is 17.9 Å². The molecule has 0 aliphatic rings. The molecule has 1 atom stereocenters. The first-order valence-electron chi connectivity index (χ1n) is 6.69. The maximum Gasteiger partial charge on any atom is 0.329 e. The van der Waals surface area contributed by atoms with Crippen LogP contribution in [-0.4, -0.2) is 42.6 Å². The van der Waals surface area contributed by atoms with Crippen LogP contribution in [-0.2, 0) is 14.3 Å². The molecule has 0 fully saturated rings. The number of carbonyl (C=O) groups is 3. The fourth-order valence-electron chi connectivity index (χ4n) is 1.62. The van der Waals surface area contributed by atoms with Crippen molar-refractivity contribution >= 4 is 51.3 Å². The molecule has 1 rings (SSSR count). The van der Waals surface area contributed by atoms with Crippen molar-refractivity contribution in [3.63, 3.8) is 0 Å². The molecule has 7 nitrogen and oxygen atoms in total. The van der Waals surface area contributed by atoms with Crippen molar-refractivity contribution in [3.8, 4) is 0 Å². The highest BCUT2D eigenvalue weighted by Gasteiger charge is 2.21. The zero-order chi connectivity index (χ0) is 17.2. The van der Waals surface area contributed by atoms with Gasteiger partial charge in [0.05, 0.1) is 0 Å². The number of hydrogen-bond acceptors (Lipinski definition) is 5. The highest BCUT2D eigenvalue weighted by atomic mass is 79.9. The molecule has 0 aliphatic heterocycles. The van der Waals surface area contributed by atoms with E-state index in [2.05, 4.69) is 26.6 Å². The predicted molar refractivity (Wildman–Crippen MR) is 93.2 cm³/mol. The third kappa shape index (κ3) is 7.89. The Labute approximate surface area is 146 Å². The zero-order valence-electron chi connectivity index (χ0n) is 12.5. The maximum atomic E-state index is 11.9. The third-order valence-electron chi connectivity index (χ3n) is 2.69. The largest absolute Gasteiger partial charge is 0.454 e. The van der Waals surface area contributed by atoms with Crippen molar-refractivity contribution < 1.29 is 19.1 Å². The lowest BCUT2D eigenvalue weighted by Gasteiger charge is -2.15. The van der Waals surface area contributed by atoms with Gasteiger partial charge in [0.15, 0.2) is 6.61 Å². The Kier molecular flexibility index (Phi) is 8.49. The summed E-state index contributed by atoms with van der Waals surface area (Å²) in [7, 11) is 0. The summed E-state index contributed by atoms with van der Waals surface area (Å²) >= 11 is 4.81. The lowest BCUT2D eigenvalue weighted by atomic mass is 10.2. The number of amides is 3. The number of halogens is 1. The van der Waals surface area contributed by atoms with Crippen molar-refractivity contribution in [2.45, 2.75) is 12.5 Å². The van der Waals surface area contributed by atoms with Crippen LogP contribution >= 0.6 is 27.7 Å². The molecule has 0 unspecified atom stereocenters. The van der Waals surface area contributed by atoms with Crippen LogP contribution in [0.15, 0.2) is 28.7 Å². The van der Waals surface area contributed by atoms with Gasteiger partial charge in [0.2, 0.25) is 0 Å². The fraction of sp³-hybridized carbons (Fsp3) is 0.357. The summed E-state index contributed by atoms with van der Waals surface area (Å²) in [6.45, 7) is -0.439. The summed E-state index contributed by atoms with van der Waals surface area (Å²) in [5.41, 5.74) is 5.61. The number of ether oxygens (including phenoxy) is 1. The number of nitrogens with one attached hydrogen (secondary N) is 2. The van der Waals surface area contributed by atoms with Crippen molar-refractivity contribution in [1.82, 2.24) is 5.32 Å². The molecule has 3 amide bonds. The van der Waals surface area contributed by atoms with Crippen molar-refractivity contribution in [1.29, 1.82) is 0 Å². The van der Waals surface area contributed by atoms with Gasteiger partial charge in [0.25, 0.3) is 5.91 Å². The van der Waals surface area contributed by atoms with Crippen LogP contribution in [0.4, 0.5) is 10.5 Å². The monoisotopic (exact) mass is 403 g/mol. The standard InChI is InChI=1S/C14H18BrN3O4S/c1-23-7-6-11(18-14(16)21)13(20)22-8-12(19)17-10-4-2-9(15)3-5-10/h2-5,11H,6-8H2,1H3,(H,17,19)(H3,16,18,21)/t11-/m0/s1. The second kappa shape index (κ2) is 10.1. The molecule has 0 aromatic heterocycles. The predicted octanol–water partition coefficient (Wildman–Crippen LogP) is 1.72. The third-order valence-corrected chi connectivity index (χ3v) is 3.86. The number of primary amides is 1. The van der Waals surface area contributed by atoms with Crippen molar-refractivity contribution in [2.75, 3.05) is 23.9 Å². The van der Waals surface area contributed by atoms with E-state index < -0.39 is 30.6 Å². The Balaban J connectivity index is 2.46. The van der Waals surface area contributed by atoms with Gasteiger partial charge in [-0.05, 0) is 42.7 Å². The van der Waals surface area contributed by atoms with E-state index >= 15 is 0 Å². The summed E-state index contributed by atoms with van der Waals surface area (Å²) in [6.07, 6.45) is 2.25. The van der Waals surface area contributed by atoms with Gasteiger partial charge in [-0.1, -0.05) is 15.9 Å². The summed E-state index contributed by atoms with van der Waals surface area (Å²) < 4.78 is 5.81. The van der Waals surface area contributed by atoms with Gasteiger partial charge >= 0.3 is 12.0 Å². The summed E-state index contributed by atoms with van der Waals surface area (Å²) in [5.74, 6) is -0.516. The van der Waals surface area contributed by atoms with Gasteiger partial charge in [-0.15, -0.1) is 0 Å². The second-order valence-electron chi connectivity index (χ2n) is 4.51. The van der Waals surface area contributed by atoms with E-state index in [9.17, 15) is 14.4 Å². The SMILES string of the molecule is CSCC[C@H](NC(N)=O)C(=O)OCC(=O)Nc1ccc(Br)cc1. The molecule has 0 spiro atoms. The highest BCUT2D eigenvalue weighted by molar-refractivity contribution is 9.10. The number of carbonyl (C=O) groups excluding carboxylic acids is 3. The van der Waals surface area contributed by atoms with E-state index in [1.54, 1.807) is 24.3 Å². The van der Waals surface area contributed by atoms with Crippen LogP contribution in [0.25, 0.3) is 0 Å². The van der Waals surface area contributed by atoms with Crippen LogP contribution in [0.1, 0.15) is 6.42 Å². The molecule has 4 N–H and O–H groups in total. The van der Waals surface area contributed by atoms with Gasteiger partial charge in [-0.2, -0.15) is 11.8 Å². The number of urea groups is 1. The first kappa shape index (κ1) is 19.3. The molecule has 126 valence electrons. The summed E-state index contributed by atoms with van der Waals surface area (Å²) in [5, 5.41) is 4.90. The molecule has 1 aromatic rings. The van der Waals surface area contributed by atoms with Crippen LogP contribution in [0.2, 0.25) is 0 Å². The Morgan fingerprint density at radius 1 is 1.30 bits per heavy atom. The van der Waals surface area contributed by atoms with Gasteiger partial charge in [-0.3, -0.25) is 4.79 Å². The lowest BCUT2D eigenvalue weighted by molar-refractivity contribution is -0.149. The number of rotatable bonds is 8. The molecule has 9 heteroatoms. The van der Waals surface area contributed by atoms with Crippen molar-refractivity contribution in [2.24, 2.45) is 5.73 Å². The first-order valence-corrected chi connectivity index (χ1v) is 8.88. The van der Waals surface area contributed by atoms with Crippen LogP contribution < -0.4 is 16.4 Å². The normalized spacial score (nSPS) is 11.4. The van der Waals surface area contributed by atoms with E-state index in [4.69, 9.17) is 10.5 Å². The molecule has 0 saturated carbocycles. The first-order chi connectivity index (χ1) is 10.9. The average Bonchev–Trinajstić information content (AvgIpc) is 2.51. The Morgan fingerprint density at radius 2 is 1.96 bits per heavy atom. The minimum Gasteiger partial charge on any atom is -0.454 e. The summed E-state index contributed by atoms with van der Waals surface area (Å²) in [6, 6.07) is 5.29. The molecule has 0 heterocycles. The topological polar surface area (TPSA) is 111 Å². The van der Waals surface area contributed by atoms with Crippen LogP contribution in [0.3, 0.4) is 0 Å². The Morgan fingerprint density at radius 3 is 2.52 bits per heavy atom. The minimum atomic E-state index is -0.861. The van der Waals surface area contributed by atoms with Crippen molar-refractivity contribution in [3.05, 3.63) is 28.7 Å². The average molecular weight is 404 g/mol. The Hall–Kier alpha value is -1.74. The number of esters is 1. The Bertz CT molecular complexity index is 553. The summed E-state index contributed by atoms with van der Waals surface area (Å²) in [4.78, 5) is 34.5. The van der Waals surface area contributed by atoms with E-state index in [-0.39, 0.29) is 0 Å². The van der Waals surface area contributed by atoms with Gasteiger partial charge < -0.3 is 21.1 Å². The van der Waals surface area contributed by atoms with Gasteiger partial charge in [0, 0.05) is 10.2 Å². The molecule has 0 bridgehead atoms. The van der Waals surface area contributed by atoms with Gasteiger partial charge in [-0.25, -0.2) is 9.59 Å². The molecular weight excluding hydrogens is 386 g/mol. The quantitative estimate of drug-likeness (QED) is 0.572. The van der Waals surface area contributed by atoms with Crippen LogP contribution in [0, 0.1) is 0 Å². The molecular formula is C14H18BrN3O4S. The van der Waals surface area contributed by atoms with E-state index in [1.165, 1.54) is 11.8 Å². The molecule has 0 saturated heterocycles. The maximum absolute atomic E-state index is 11.9. The second-order valence-corrected chi connectivity index (χ2v) is 6.41. The minimum absolute atomic E-state index is 0.372. The smallest absolute Gasteiger partial charge is 0.329 e.